The third-order valence-corrected chi connectivity index (χ3v) is 5.24. The van der Waals surface area contributed by atoms with Crippen LogP contribution in [-0.4, -0.2) is 26.8 Å². The summed E-state index contributed by atoms with van der Waals surface area (Å²) in [6.07, 6.45) is 1.67. The highest BCUT2D eigenvalue weighted by Gasteiger charge is 2.26. The summed E-state index contributed by atoms with van der Waals surface area (Å²) in [6.45, 7) is 3.85. The fourth-order valence-corrected chi connectivity index (χ4v) is 3.60. The summed E-state index contributed by atoms with van der Waals surface area (Å²) in [6, 6.07) is 7.83. The molecule has 0 bridgehead atoms. The van der Waals surface area contributed by atoms with Gasteiger partial charge in [0.25, 0.3) is 0 Å². The molecule has 1 unspecified atom stereocenters. The SMILES string of the molecule is Cc1ccccc1CNS(=O)(=O)C1CCCNC1. The van der Waals surface area contributed by atoms with E-state index in [4.69, 9.17) is 0 Å². The number of hydrogen-bond acceptors (Lipinski definition) is 3. The summed E-state index contributed by atoms with van der Waals surface area (Å²) in [5.41, 5.74) is 2.15. The Morgan fingerprint density at radius 3 is 2.83 bits per heavy atom. The van der Waals surface area contributed by atoms with Crippen molar-refractivity contribution in [2.45, 2.75) is 31.6 Å². The lowest BCUT2D eigenvalue weighted by atomic mass is 10.1. The molecule has 1 fully saturated rings. The maximum Gasteiger partial charge on any atom is 0.216 e. The Kier molecular flexibility index (Phi) is 4.37. The number of rotatable bonds is 4. The zero-order chi connectivity index (χ0) is 13.0. The lowest BCUT2D eigenvalue weighted by molar-refractivity contribution is 0.490. The molecule has 1 heterocycles. The number of sulfonamides is 1. The van der Waals surface area contributed by atoms with E-state index in [2.05, 4.69) is 10.0 Å². The van der Waals surface area contributed by atoms with E-state index in [1.165, 1.54) is 0 Å². The van der Waals surface area contributed by atoms with Crippen LogP contribution in [0.15, 0.2) is 24.3 Å². The maximum atomic E-state index is 12.1. The Balaban J connectivity index is 1.98. The zero-order valence-corrected chi connectivity index (χ0v) is 11.5. The Morgan fingerprint density at radius 1 is 1.39 bits per heavy atom. The molecule has 0 aromatic heterocycles. The Hall–Kier alpha value is -0.910. The molecule has 1 aromatic carbocycles. The van der Waals surface area contributed by atoms with E-state index in [0.717, 1.165) is 30.5 Å². The van der Waals surface area contributed by atoms with Crippen LogP contribution >= 0.6 is 0 Å². The number of hydrogen-bond donors (Lipinski definition) is 2. The molecular weight excluding hydrogens is 248 g/mol. The lowest BCUT2D eigenvalue weighted by Crippen LogP contribution is -2.44. The summed E-state index contributed by atoms with van der Waals surface area (Å²) >= 11 is 0. The van der Waals surface area contributed by atoms with Gasteiger partial charge in [0, 0.05) is 13.1 Å². The first kappa shape index (κ1) is 13.5. The van der Waals surface area contributed by atoms with Crippen molar-refractivity contribution in [1.82, 2.24) is 10.0 Å². The summed E-state index contributed by atoms with van der Waals surface area (Å²) in [5, 5.41) is 2.84. The van der Waals surface area contributed by atoms with Crippen molar-refractivity contribution < 1.29 is 8.42 Å². The molecule has 2 N–H and O–H groups in total. The minimum absolute atomic E-state index is 0.296. The van der Waals surface area contributed by atoms with Crippen LogP contribution in [0.3, 0.4) is 0 Å². The third kappa shape index (κ3) is 3.31. The molecule has 18 heavy (non-hydrogen) atoms. The van der Waals surface area contributed by atoms with Gasteiger partial charge >= 0.3 is 0 Å². The van der Waals surface area contributed by atoms with E-state index in [-0.39, 0.29) is 5.25 Å². The van der Waals surface area contributed by atoms with Crippen molar-refractivity contribution in [3.8, 4) is 0 Å². The molecule has 1 aromatic rings. The van der Waals surface area contributed by atoms with Crippen molar-refractivity contribution in [3.05, 3.63) is 35.4 Å². The van der Waals surface area contributed by atoms with Gasteiger partial charge in [0.05, 0.1) is 5.25 Å². The summed E-state index contributed by atoms with van der Waals surface area (Å²) < 4.78 is 27.0. The fraction of sp³-hybridized carbons (Fsp3) is 0.538. The van der Waals surface area contributed by atoms with Crippen LogP contribution < -0.4 is 10.0 Å². The molecule has 0 radical (unpaired) electrons. The summed E-state index contributed by atoms with van der Waals surface area (Å²) in [5.74, 6) is 0. The highest BCUT2D eigenvalue weighted by molar-refractivity contribution is 7.90. The molecule has 2 rings (SSSR count). The van der Waals surface area contributed by atoms with Gasteiger partial charge < -0.3 is 5.32 Å². The second kappa shape index (κ2) is 5.82. The molecule has 5 heteroatoms. The minimum Gasteiger partial charge on any atom is -0.315 e. The van der Waals surface area contributed by atoms with Crippen molar-refractivity contribution in [2.75, 3.05) is 13.1 Å². The quantitative estimate of drug-likeness (QED) is 0.862. The molecule has 1 aliphatic heterocycles. The highest BCUT2D eigenvalue weighted by atomic mass is 32.2. The standard InChI is InChI=1S/C13H20N2O2S/c1-11-5-2-3-6-12(11)9-15-18(16,17)13-7-4-8-14-10-13/h2-3,5-6,13-15H,4,7-10H2,1H3. The van der Waals surface area contributed by atoms with E-state index in [1.54, 1.807) is 0 Å². The van der Waals surface area contributed by atoms with E-state index in [1.807, 2.05) is 31.2 Å². The van der Waals surface area contributed by atoms with Gasteiger partial charge in [-0.05, 0) is 37.4 Å². The lowest BCUT2D eigenvalue weighted by Gasteiger charge is -2.23. The Bertz CT molecular complexity index is 493. The molecule has 0 spiro atoms. The molecule has 1 aliphatic rings. The topological polar surface area (TPSA) is 58.2 Å². The van der Waals surface area contributed by atoms with Crippen molar-refractivity contribution in [1.29, 1.82) is 0 Å². The van der Waals surface area contributed by atoms with Crippen molar-refractivity contribution >= 4 is 10.0 Å². The van der Waals surface area contributed by atoms with E-state index >= 15 is 0 Å². The fourth-order valence-electron chi connectivity index (χ4n) is 2.19. The molecule has 100 valence electrons. The van der Waals surface area contributed by atoms with E-state index in [9.17, 15) is 8.42 Å². The van der Waals surface area contributed by atoms with Gasteiger partial charge in [-0.25, -0.2) is 13.1 Å². The van der Waals surface area contributed by atoms with Gasteiger partial charge in [-0.2, -0.15) is 0 Å². The van der Waals surface area contributed by atoms with Gasteiger partial charge in [0.15, 0.2) is 0 Å². The average Bonchev–Trinajstić information content (AvgIpc) is 2.39. The first-order valence-electron chi connectivity index (χ1n) is 6.33. The van der Waals surface area contributed by atoms with Crippen LogP contribution in [0.4, 0.5) is 0 Å². The van der Waals surface area contributed by atoms with Crippen LogP contribution in [-0.2, 0) is 16.6 Å². The van der Waals surface area contributed by atoms with Crippen molar-refractivity contribution in [2.24, 2.45) is 0 Å². The number of piperidine rings is 1. The maximum absolute atomic E-state index is 12.1. The molecule has 0 aliphatic carbocycles. The smallest absolute Gasteiger partial charge is 0.216 e. The number of benzene rings is 1. The Labute approximate surface area is 109 Å². The van der Waals surface area contributed by atoms with E-state index in [0.29, 0.717) is 13.1 Å². The van der Waals surface area contributed by atoms with Crippen molar-refractivity contribution in [3.63, 3.8) is 0 Å². The van der Waals surface area contributed by atoms with Crippen LogP contribution in [0, 0.1) is 6.92 Å². The second-order valence-electron chi connectivity index (χ2n) is 4.76. The summed E-state index contributed by atoms with van der Waals surface area (Å²) in [7, 11) is -3.21. The molecule has 1 atom stereocenters. The zero-order valence-electron chi connectivity index (χ0n) is 10.6. The molecule has 0 amide bonds. The predicted octanol–water partition coefficient (Wildman–Crippen LogP) is 1.17. The normalized spacial score (nSPS) is 20.8. The van der Waals surface area contributed by atoms with E-state index < -0.39 is 10.0 Å². The summed E-state index contributed by atoms with van der Waals surface area (Å²) in [4.78, 5) is 0. The number of nitrogens with one attached hydrogen (secondary N) is 2. The van der Waals surface area contributed by atoms with Gasteiger partial charge in [-0.15, -0.1) is 0 Å². The average molecular weight is 268 g/mol. The minimum atomic E-state index is -3.21. The van der Waals surface area contributed by atoms with Gasteiger partial charge in [-0.3, -0.25) is 0 Å². The highest BCUT2D eigenvalue weighted by Crippen LogP contribution is 2.12. The molecule has 4 nitrogen and oxygen atoms in total. The van der Waals surface area contributed by atoms with Crippen LogP contribution in [0.25, 0.3) is 0 Å². The van der Waals surface area contributed by atoms with Crippen LogP contribution in [0.5, 0.6) is 0 Å². The molecular formula is C13H20N2O2S. The Morgan fingerprint density at radius 2 is 2.17 bits per heavy atom. The largest absolute Gasteiger partial charge is 0.315 e. The first-order chi connectivity index (χ1) is 8.59. The second-order valence-corrected chi connectivity index (χ2v) is 6.81. The van der Waals surface area contributed by atoms with Crippen LogP contribution in [0.2, 0.25) is 0 Å². The number of aryl methyl sites for hydroxylation is 1. The first-order valence-corrected chi connectivity index (χ1v) is 7.88. The van der Waals surface area contributed by atoms with Gasteiger partial charge in [0.2, 0.25) is 10.0 Å². The molecule has 0 saturated carbocycles. The molecule has 1 saturated heterocycles. The van der Waals surface area contributed by atoms with Gasteiger partial charge in [0.1, 0.15) is 0 Å². The van der Waals surface area contributed by atoms with Gasteiger partial charge in [-0.1, -0.05) is 24.3 Å². The predicted molar refractivity (Wildman–Crippen MR) is 72.8 cm³/mol. The third-order valence-electron chi connectivity index (χ3n) is 3.42. The van der Waals surface area contributed by atoms with Crippen LogP contribution in [0.1, 0.15) is 24.0 Å². The monoisotopic (exact) mass is 268 g/mol.